The summed E-state index contributed by atoms with van der Waals surface area (Å²) in [5, 5.41) is 0. The fourth-order valence-corrected chi connectivity index (χ4v) is 0.571. The van der Waals surface area contributed by atoms with E-state index in [0.29, 0.717) is 0 Å². The van der Waals surface area contributed by atoms with Crippen molar-refractivity contribution >= 4 is 54.5 Å². The van der Waals surface area contributed by atoms with Crippen LogP contribution in [0.25, 0.3) is 0 Å². The molecule has 0 aromatic rings. The van der Waals surface area contributed by atoms with Gasteiger partial charge >= 0.3 is 0 Å². The van der Waals surface area contributed by atoms with Crippen LogP contribution in [0.5, 0.6) is 0 Å². The monoisotopic (exact) mass is 362 g/mol. The summed E-state index contributed by atoms with van der Waals surface area (Å²) < 4.78 is 22.3. The van der Waals surface area contributed by atoms with E-state index in [2.05, 4.69) is 31.9 Å². The standard InChI is InChI=1S/C3H3Br2F2I/c4-2(5)1(8)3(6)7/h1-3H. The van der Waals surface area contributed by atoms with Gasteiger partial charge in [0.05, 0.1) is 7.66 Å². The van der Waals surface area contributed by atoms with E-state index in [1.165, 1.54) is 0 Å². The molecule has 0 heterocycles. The van der Waals surface area contributed by atoms with E-state index in [4.69, 9.17) is 0 Å². The van der Waals surface area contributed by atoms with Gasteiger partial charge < -0.3 is 0 Å². The Morgan fingerprint density at radius 2 is 1.62 bits per heavy atom. The Balaban J connectivity index is 3.46. The Morgan fingerprint density at radius 1 is 1.25 bits per heavy atom. The van der Waals surface area contributed by atoms with Gasteiger partial charge in [0.15, 0.2) is 0 Å². The number of halogens is 5. The molecule has 0 saturated carbocycles. The second kappa shape index (κ2) is 4.38. The average Bonchev–Trinajstić information content (AvgIpc) is 1.64. The lowest BCUT2D eigenvalue weighted by Crippen LogP contribution is -2.16. The zero-order valence-corrected chi connectivity index (χ0v) is 8.95. The predicted molar refractivity (Wildman–Crippen MR) is 45.5 cm³/mol. The van der Waals surface area contributed by atoms with Crippen LogP contribution < -0.4 is 0 Å². The van der Waals surface area contributed by atoms with E-state index in [9.17, 15) is 8.78 Å². The molecule has 0 amide bonds. The van der Waals surface area contributed by atoms with Gasteiger partial charge in [0.1, 0.15) is 0 Å². The molecule has 1 unspecified atom stereocenters. The lowest BCUT2D eigenvalue weighted by atomic mass is 10.5. The molecular weight excluding hydrogens is 361 g/mol. The molecule has 5 heteroatoms. The van der Waals surface area contributed by atoms with Crippen molar-refractivity contribution < 1.29 is 8.78 Å². The molecule has 0 aromatic carbocycles. The molecule has 0 nitrogen and oxygen atoms in total. The molecule has 0 aromatic heterocycles. The van der Waals surface area contributed by atoms with Crippen LogP contribution in [-0.2, 0) is 0 Å². The van der Waals surface area contributed by atoms with Crippen molar-refractivity contribution in [1.29, 1.82) is 0 Å². The first kappa shape index (κ1) is 9.55. The maximum absolute atomic E-state index is 11.6. The molecule has 0 spiro atoms. The molecule has 8 heavy (non-hydrogen) atoms. The summed E-state index contributed by atoms with van der Waals surface area (Å²) in [6, 6.07) is 0. The molecular formula is C3H3Br2F2I. The van der Waals surface area contributed by atoms with Gasteiger partial charge in [0.25, 0.3) is 6.43 Å². The molecule has 1 atom stereocenters. The Labute approximate surface area is 76.8 Å². The fourth-order valence-electron chi connectivity index (χ4n) is 0.110. The third-order valence-electron chi connectivity index (χ3n) is 0.481. The SMILES string of the molecule is FC(F)C(I)C(Br)Br. The second-order valence-electron chi connectivity index (χ2n) is 1.11. The minimum atomic E-state index is -2.26. The summed E-state index contributed by atoms with van der Waals surface area (Å²) in [5.41, 5.74) is 0. The first-order valence-electron chi connectivity index (χ1n) is 1.76. The molecule has 0 fully saturated rings. The number of hydrogen-bond donors (Lipinski definition) is 0. The van der Waals surface area contributed by atoms with Crippen molar-refractivity contribution in [3.8, 4) is 0 Å². The molecule has 0 aliphatic heterocycles. The molecule has 0 N–H and O–H groups in total. The quantitative estimate of drug-likeness (QED) is 0.522. The predicted octanol–water partition coefficient (Wildman–Crippen LogP) is 3.17. The van der Waals surface area contributed by atoms with E-state index >= 15 is 0 Å². The van der Waals surface area contributed by atoms with Crippen LogP contribution in [0.1, 0.15) is 0 Å². The third-order valence-corrected chi connectivity index (χ3v) is 4.86. The molecule has 0 aliphatic carbocycles. The first-order valence-corrected chi connectivity index (χ1v) is 4.83. The highest BCUT2D eigenvalue weighted by Gasteiger charge is 2.22. The van der Waals surface area contributed by atoms with Crippen molar-refractivity contribution in [3.63, 3.8) is 0 Å². The van der Waals surface area contributed by atoms with Crippen molar-refractivity contribution in [2.75, 3.05) is 0 Å². The zero-order valence-electron chi connectivity index (χ0n) is 3.62. The van der Waals surface area contributed by atoms with Gasteiger partial charge in [0.2, 0.25) is 0 Å². The lowest BCUT2D eigenvalue weighted by Gasteiger charge is -2.07. The summed E-state index contributed by atoms with van der Waals surface area (Å²) in [4.78, 5) is 0. The van der Waals surface area contributed by atoms with Crippen LogP contribution in [0.15, 0.2) is 0 Å². The molecule has 0 aliphatic rings. The highest BCUT2D eigenvalue weighted by molar-refractivity contribution is 14.1. The first-order chi connectivity index (χ1) is 3.55. The molecule has 0 radical (unpaired) electrons. The van der Waals surface area contributed by atoms with Crippen LogP contribution in [-0.4, -0.2) is 14.1 Å². The maximum Gasteiger partial charge on any atom is 0.252 e. The van der Waals surface area contributed by atoms with Gasteiger partial charge in [0, 0.05) is 0 Å². The second-order valence-corrected chi connectivity index (χ2v) is 5.75. The van der Waals surface area contributed by atoms with E-state index in [1.54, 1.807) is 22.6 Å². The summed E-state index contributed by atoms with van der Waals surface area (Å²) in [6.07, 6.45) is -2.26. The molecule has 0 bridgehead atoms. The summed E-state index contributed by atoms with van der Waals surface area (Å²) in [5.74, 6) is 0. The average molecular weight is 364 g/mol. The molecule has 50 valence electrons. The Hall–Kier alpha value is 1.55. The van der Waals surface area contributed by atoms with Crippen LogP contribution in [0, 0.1) is 0 Å². The van der Waals surface area contributed by atoms with Crippen molar-refractivity contribution in [2.24, 2.45) is 0 Å². The zero-order chi connectivity index (χ0) is 6.73. The number of rotatable bonds is 2. The van der Waals surface area contributed by atoms with Crippen LogP contribution in [0.4, 0.5) is 8.78 Å². The Kier molecular flexibility index (Phi) is 5.23. The third kappa shape index (κ3) is 3.55. The van der Waals surface area contributed by atoms with Crippen molar-refractivity contribution in [1.82, 2.24) is 0 Å². The van der Waals surface area contributed by atoms with E-state index in [-0.39, 0.29) is 3.74 Å². The minimum Gasteiger partial charge on any atom is -0.209 e. The largest absolute Gasteiger partial charge is 0.252 e. The van der Waals surface area contributed by atoms with Crippen LogP contribution >= 0.6 is 54.5 Å². The van der Waals surface area contributed by atoms with E-state index in [0.717, 1.165) is 0 Å². The number of hydrogen-bond acceptors (Lipinski definition) is 0. The summed E-state index contributed by atoms with van der Waals surface area (Å²) in [7, 11) is 0. The smallest absolute Gasteiger partial charge is 0.209 e. The molecule has 0 rings (SSSR count). The van der Waals surface area contributed by atoms with Gasteiger partial charge in [-0.1, -0.05) is 54.5 Å². The van der Waals surface area contributed by atoms with E-state index in [1.807, 2.05) is 0 Å². The van der Waals surface area contributed by atoms with Gasteiger partial charge in [-0.15, -0.1) is 0 Å². The Morgan fingerprint density at radius 3 is 1.62 bits per heavy atom. The topological polar surface area (TPSA) is 0 Å². The maximum atomic E-state index is 11.6. The van der Waals surface area contributed by atoms with Crippen LogP contribution in [0.3, 0.4) is 0 Å². The van der Waals surface area contributed by atoms with Gasteiger partial charge in [-0.05, 0) is 0 Å². The number of alkyl halides is 5. The summed E-state index contributed by atoms with van der Waals surface area (Å²) >= 11 is 7.62. The van der Waals surface area contributed by atoms with Gasteiger partial charge in [-0.3, -0.25) is 0 Å². The fraction of sp³-hybridized carbons (Fsp3) is 1.00. The van der Waals surface area contributed by atoms with Crippen LogP contribution in [0.2, 0.25) is 0 Å². The van der Waals surface area contributed by atoms with Crippen molar-refractivity contribution in [2.45, 2.75) is 14.1 Å². The van der Waals surface area contributed by atoms with E-state index < -0.39 is 10.4 Å². The molecule has 0 saturated heterocycles. The van der Waals surface area contributed by atoms with Gasteiger partial charge in [-0.25, -0.2) is 8.78 Å². The minimum absolute atomic E-state index is 0.296. The highest BCUT2D eigenvalue weighted by Crippen LogP contribution is 2.25. The Bertz CT molecular complexity index is 60.3. The summed E-state index contributed by atoms with van der Waals surface area (Å²) in [6.45, 7) is 0. The highest BCUT2D eigenvalue weighted by atomic mass is 127. The normalized spacial score (nSPS) is 15.4. The lowest BCUT2D eigenvalue weighted by molar-refractivity contribution is 0.155. The van der Waals surface area contributed by atoms with Crippen molar-refractivity contribution in [3.05, 3.63) is 0 Å². The van der Waals surface area contributed by atoms with Gasteiger partial charge in [-0.2, -0.15) is 0 Å².